The molecule has 0 saturated heterocycles. The van der Waals surface area contributed by atoms with Gasteiger partial charge in [-0.15, -0.1) is 0 Å². The zero-order valence-corrected chi connectivity index (χ0v) is 15.2. The quantitative estimate of drug-likeness (QED) is 0.728. The van der Waals surface area contributed by atoms with Crippen LogP contribution in [0.1, 0.15) is 16.2 Å². The molecule has 0 unspecified atom stereocenters. The van der Waals surface area contributed by atoms with Gasteiger partial charge in [-0.1, -0.05) is 6.07 Å². The van der Waals surface area contributed by atoms with Crippen LogP contribution in [0.25, 0.3) is 11.5 Å². The van der Waals surface area contributed by atoms with Crippen molar-refractivity contribution in [2.24, 2.45) is 0 Å². The van der Waals surface area contributed by atoms with E-state index in [2.05, 4.69) is 25.3 Å². The maximum atomic E-state index is 14.0. The van der Waals surface area contributed by atoms with Crippen molar-refractivity contribution in [1.82, 2.24) is 19.9 Å². The maximum Gasteiger partial charge on any atom is 0.258 e. The van der Waals surface area contributed by atoms with Crippen LogP contribution in [0.15, 0.2) is 47.5 Å². The number of carbonyl (C=O) groups excluding carboxylic acids is 1. The summed E-state index contributed by atoms with van der Waals surface area (Å²) < 4.78 is 36.9. The fourth-order valence-corrected chi connectivity index (χ4v) is 2.99. The molecule has 0 aliphatic carbocycles. The van der Waals surface area contributed by atoms with E-state index in [4.69, 9.17) is 0 Å². The Bertz CT molecular complexity index is 1120. The number of sulfone groups is 1. The summed E-state index contributed by atoms with van der Waals surface area (Å²) in [6.07, 6.45) is 2.47. The number of benzene rings is 1. The summed E-state index contributed by atoms with van der Waals surface area (Å²) in [5, 5.41) is 2.45. The molecular weight excluding hydrogens is 373 g/mol. The van der Waals surface area contributed by atoms with Gasteiger partial charge in [0.2, 0.25) is 5.95 Å². The predicted molar refractivity (Wildman–Crippen MR) is 95.3 cm³/mol. The van der Waals surface area contributed by atoms with Crippen LogP contribution in [0, 0.1) is 12.7 Å². The van der Waals surface area contributed by atoms with Crippen molar-refractivity contribution in [1.29, 1.82) is 0 Å². The first kappa shape index (κ1) is 18.5. The average molecular weight is 387 g/mol. The highest BCUT2D eigenvalue weighted by atomic mass is 32.2. The van der Waals surface area contributed by atoms with Crippen LogP contribution in [0.5, 0.6) is 0 Å². The van der Waals surface area contributed by atoms with Gasteiger partial charge in [0.05, 0.1) is 0 Å². The second kappa shape index (κ2) is 7.16. The molecule has 10 heteroatoms. The van der Waals surface area contributed by atoms with Gasteiger partial charge in [0.1, 0.15) is 22.2 Å². The topological polar surface area (TPSA) is 115 Å². The van der Waals surface area contributed by atoms with Gasteiger partial charge < -0.3 is 0 Å². The zero-order chi connectivity index (χ0) is 19.6. The van der Waals surface area contributed by atoms with Crippen molar-refractivity contribution in [2.45, 2.75) is 11.8 Å². The van der Waals surface area contributed by atoms with Gasteiger partial charge in [-0.05, 0) is 37.3 Å². The molecular formula is C17H14FN5O3S. The van der Waals surface area contributed by atoms with Crippen molar-refractivity contribution in [3.63, 3.8) is 0 Å². The van der Waals surface area contributed by atoms with E-state index in [9.17, 15) is 17.6 Å². The smallest absolute Gasteiger partial charge is 0.258 e. The van der Waals surface area contributed by atoms with Crippen LogP contribution in [0.3, 0.4) is 0 Å². The molecule has 0 radical (unpaired) electrons. The van der Waals surface area contributed by atoms with Crippen molar-refractivity contribution >= 4 is 21.7 Å². The first-order chi connectivity index (χ1) is 12.7. The van der Waals surface area contributed by atoms with Crippen LogP contribution >= 0.6 is 0 Å². The van der Waals surface area contributed by atoms with Gasteiger partial charge in [0, 0.05) is 18.0 Å². The van der Waals surface area contributed by atoms with E-state index in [1.54, 1.807) is 31.3 Å². The van der Waals surface area contributed by atoms with E-state index < -0.39 is 26.5 Å². The van der Waals surface area contributed by atoms with E-state index in [1.165, 1.54) is 6.07 Å². The molecule has 2 aromatic heterocycles. The molecule has 0 aliphatic heterocycles. The minimum Gasteiger partial charge on any atom is -0.290 e. The lowest BCUT2D eigenvalue weighted by atomic mass is 10.2. The lowest BCUT2D eigenvalue weighted by Gasteiger charge is -2.07. The van der Waals surface area contributed by atoms with Gasteiger partial charge >= 0.3 is 0 Å². The maximum absolute atomic E-state index is 14.0. The SMILES string of the molecule is Cc1nc(NC(=O)c2ccc(S(C)(=O)=O)c(F)c2)nc(-c2ccccn2)n1. The zero-order valence-electron chi connectivity index (χ0n) is 14.3. The lowest BCUT2D eigenvalue weighted by Crippen LogP contribution is -2.16. The molecule has 0 atom stereocenters. The third-order valence-corrected chi connectivity index (χ3v) is 4.59. The Morgan fingerprint density at radius 1 is 1.11 bits per heavy atom. The highest BCUT2D eigenvalue weighted by Crippen LogP contribution is 2.17. The summed E-state index contributed by atoms with van der Waals surface area (Å²) >= 11 is 0. The number of aryl methyl sites for hydroxylation is 1. The molecule has 3 aromatic rings. The Hall–Kier alpha value is -3.27. The predicted octanol–water partition coefficient (Wildman–Crippen LogP) is 2.04. The Morgan fingerprint density at radius 3 is 2.52 bits per heavy atom. The lowest BCUT2D eigenvalue weighted by molar-refractivity contribution is 0.102. The molecule has 8 nitrogen and oxygen atoms in total. The number of hydrogen-bond acceptors (Lipinski definition) is 7. The van der Waals surface area contributed by atoms with Gasteiger partial charge in [0.25, 0.3) is 5.91 Å². The molecule has 0 saturated carbocycles. The van der Waals surface area contributed by atoms with Crippen molar-refractivity contribution in [2.75, 3.05) is 11.6 Å². The van der Waals surface area contributed by atoms with Gasteiger partial charge in [0.15, 0.2) is 15.7 Å². The minimum atomic E-state index is -3.72. The molecule has 0 fully saturated rings. The summed E-state index contributed by atoms with van der Waals surface area (Å²) in [7, 11) is -3.72. The molecule has 0 aliphatic rings. The normalized spacial score (nSPS) is 11.2. The Labute approximate surface area is 154 Å². The van der Waals surface area contributed by atoms with E-state index in [0.29, 0.717) is 11.5 Å². The van der Waals surface area contributed by atoms with Gasteiger partial charge in [-0.3, -0.25) is 15.1 Å². The molecule has 3 rings (SSSR count). The number of anilines is 1. The Balaban J connectivity index is 1.88. The fraction of sp³-hybridized carbons (Fsp3) is 0.118. The highest BCUT2D eigenvalue weighted by Gasteiger charge is 2.17. The molecule has 0 spiro atoms. The van der Waals surface area contributed by atoms with E-state index in [-0.39, 0.29) is 17.3 Å². The Kier molecular flexibility index (Phi) is 4.91. The summed E-state index contributed by atoms with van der Waals surface area (Å²) in [5.41, 5.74) is 0.430. The largest absolute Gasteiger partial charge is 0.290 e. The highest BCUT2D eigenvalue weighted by molar-refractivity contribution is 7.90. The number of hydrogen-bond donors (Lipinski definition) is 1. The summed E-state index contributed by atoms with van der Waals surface area (Å²) in [6, 6.07) is 8.32. The number of amides is 1. The van der Waals surface area contributed by atoms with Crippen LogP contribution < -0.4 is 5.32 Å². The molecule has 2 heterocycles. The number of nitrogens with one attached hydrogen (secondary N) is 1. The number of aromatic nitrogens is 4. The second-order valence-electron chi connectivity index (χ2n) is 5.62. The van der Waals surface area contributed by atoms with Crippen molar-refractivity contribution in [3.05, 3.63) is 59.8 Å². The average Bonchev–Trinajstić information content (AvgIpc) is 2.60. The number of carbonyl (C=O) groups is 1. The first-order valence-corrected chi connectivity index (χ1v) is 9.58. The first-order valence-electron chi connectivity index (χ1n) is 7.69. The molecule has 138 valence electrons. The molecule has 1 aromatic carbocycles. The number of rotatable bonds is 4. The van der Waals surface area contributed by atoms with Crippen LogP contribution in [-0.4, -0.2) is 40.5 Å². The fourth-order valence-electron chi connectivity index (χ4n) is 2.26. The second-order valence-corrected chi connectivity index (χ2v) is 7.60. The monoisotopic (exact) mass is 387 g/mol. The summed E-state index contributed by atoms with van der Waals surface area (Å²) in [6.45, 7) is 1.63. The minimum absolute atomic E-state index is 0.0271. The third-order valence-electron chi connectivity index (χ3n) is 3.46. The summed E-state index contributed by atoms with van der Waals surface area (Å²) in [5.74, 6) is -1.09. The van der Waals surface area contributed by atoms with Crippen LogP contribution in [0.4, 0.5) is 10.3 Å². The summed E-state index contributed by atoms with van der Waals surface area (Å²) in [4.78, 5) is 28.4. The van der Waals surface area contributed by atoms with Crippen LogP contribution in [-0.2, 0) is 9.84 Å². The standard InChI is InChI=1S/C17H14FN5O3S/c1-10-20-15(13-5-3-4-8-19-13)22-17(21-10)23-16(24)11-6-7-14(12(18)9-11)27(2,25)26/h3-9H,1-2H3,(H,20,21,22,23,24). The number of pyridine rings is 1. The molecule has 1 amide bonds. The van der Waals surface area contributed by atoms with Crippen molar-refractivity contribution in [3.8, 4) is 11.5 Å². The van der Waals surface area contributed by atoms with E-state index in [1.807, 2.05) is 0 Å². The van der Waals surface area contributed by atoms with Gasteiger partial charge in [-0.25, -0.2) is 17.8 Å². The van der Waals surface area contributed by atoms with E-state index >= 15 is 0 Å². The molecule has 27 heavy (non-hydrogen) atoms. The van der Waals surface area contributed by atoms with Gasteiger partial charge in [-0.2, -0.15) is 9.97 Å². The molecule has 1 N–H and O–H groups in total. The van der Waals surface area contributed by atoms with Crippen molar-refractivity contribution < 1.29 is 17.6 Å². The third kappa shape index (κ3) is 4.29. The van der Waals surface area contributed by atoms with Crippen LogP contribution in [0.2, 0.25) is 0 Å². The Morgan fingerprint density at radius 2 is 1.89 bits per heavy atom. The molecule has 0 bridgehead atoms. The number of nitrogens with zero attached hydrogens (tertiary/aromatic N) is 4. The number of halogens is 1. The van der Waals surface area contributed by atoms with E-state index in [0.717, 1.165) is 18.4 Å².